The van der Waals surface area contributed by atoms with E-state index < -0.39 is 18.2 Å². The van der Waals surface area contributed by atoms with Crippen molar-refractivity contribution >= 4 is 5.91 Å². The van der Waals surface area contributed by atoms with Gasteiger partial charge in [0.1, 0.15) is 12.1 Å². The number of carbonyl (C=O) groups is 1. The molecule has 1 saturated heterocycles. The normalized spacial score (nSPS) is 21.6. The Hall–Kier alpha value is -2.67. The molecule has 0 unspecified atom stereocenters. The van der Waals surface area contributed by atoms with Crippen molar-refractivity contribution in [1.82, 2.24) is 10.4 Å². The van der Waals surface area contributed by atoms with Crippen LogP contribution in [0.15, 0.2) is 60.8 Å². The van der Waals surface area contributed by atoms with E-state index in [1.165, 1.54) is 10.5 Å². The Balaban J connectivity index is 1.79. The fourth-order valence-electron chi connectivity index (χ4n) is 3.61. The Bertz CT molecular complexity index is 833. The highest BCUT2D eigenvalue weighted by atomic mass is 16.5. The number of aliphatic hydroxyl groups excluding tert-OH is 2. The van der Waals surface area contributed by atoms with E-state index in [0.717, 1.165) is 24.0 Å². The molecule has 2 aromatic carbocycles. The molecule has 1 heterocycles. The first kappa shape index (κ1) is 20.1. The summed E-state index contributed by atoms with van der Waals surface area (Å²) < 4.78 is 0. The van der Waals surface area contributed by atoms with Gasteiger partial charge in [0, 0.05) is 5.56 Å². The summed E-state index contributed by atoms with van der Waals surface area (Å²) >= 11 is 0. The standard InChI is InChI=1S/C22H26N2O4/c1-3-4-15-5-7-16(8-6-15)17-9-11-18(12-10-17)22(27)24-13-19(25)21(26)20(24)14(2)23-28/h5-12,19-21,23,25-26,28H,2-4,13H2,1H3/t19-,20+,21-/m0/s1. The highest BCUT2D eigenvalue weighted by Crippen LogP contribution is 2.26. The van der Waals surface area contributed by atoms with Gasteiger partial charge in [-0.1, -0.05) is 56.3 Å². The van der Waals surface area contributed by atoms with E-state index in [2.05, 4.69) is 37.8 Å². The van der Waals surface area contributed by atoms with Gasteiger partial charge in [-0.25, -0.2) is 0 Å². The molecule has 1 aliphatic rings. The predicted octanol–water partition coefficient (Wildman–Crippen LogP) is 2.34. The summed E-state index contributed by atoms with van der Waals surface area (Å²) in [5.74, 6) is -0.346. The average molecular weight is 382 g/mol. The molecule has 1 fully saturated rings. The van der Waals surface area contributed by atoms with Crippen LogP contribution in [0.25, 0.3) is 11.1 Å². The van der Waals surface area contributed by atoms with E-state index in [-0.39, 0.29) is 18.1 Å². The summed E-state index contributed by atoms with van der Waals surface area (Å²) in [5.41, 5.74) is 5.74. The number of rotatable bonds is 6. The van der Waals surface area contributed by atoms with Crippen molar-refractivity contribution in [3.8, 4) is 11.1 Å². The van der Waals surface area contributed by atoms with Crippen LogP contribution in [0.4, 0.5) is 0 Å². The van der Waals surface area contributed by atoms with E-state index >= 15 is 0 Å². The van der Waals surface area contributed by atoms with Gasteiger partial charge >= 0.3 is 0 Å². The van der Waals surface area contributed by atoms with Crippen molar-refractivity contribution in [3.63, 3.8) is 0 Å². The van der Waals surface area contributed by atoms with Gasteiger partial charge in [-0.05, 0) is 35.2 Å². The molecule has 6 nitrogen and oxygen atoms in total. The number of aryl methyl sites for hydroxylation is 1. The van der Waals surface area contributed by atoms with Crippen LogP contribution in [-0.4, -0.2) is 51.0 Å². The van der Waals surface area contributed by atoms with Crippen molar-refractivity contribution in [2.75, 3.05) is 6.54 Å². The zero-order valence-corrected chi connectivity index (χ0v) is 15.9. The van der Waals surface area contributed by atoms with Crippen molar-refractivity contribution in [2.24, 2.45) is 0 Å². The van der Waals surface area contributed by atoms with Crippen LogP contribution in [0.5, 0.6) is 0 Å². The first-order valence-electron chi connectivity index (χ1n) is 9.41. The number of nitrogens with zero attached hydrogens (tertiary/aromatic N) is 1. The number of carbonyl (C=O) groups excluding carboxylic acids is 1. The van der Waals surface area contributed by atoms with Crippen LogP contribution in [-0.2, 0) is 6.42 Å². The molecule has 28 heavy (non-hydrogen) atoms. The third kappa shape index (κ3) is 3.94. The van der Waals surface area contributed by atoms with Crippen molar-refractivity contribution in [3.05, 3.63) is 71.9 Å². The molecule has 0 aliphatic carbocycles. The van der Waals surface area contributed by atoms with Gasteiger partial charge in [-0.3, -0.25) is 15.5 Å². The lowest BCUT2D eigenvalue weighted by Gasteiger charge is -2.27. The molecule has 0 aromatic heterocycles. The number of likely N-dealkylation sites (tertiary alicyclic amines) is 1. The Labute approximate surface area is 164 Å². The van der Waals surface area contributed by atoms with Crippen LogP contribution < -0.4 is 5.48 Å². The van der Waals surface area contributed by atoms with Crippen LogP contribution >= 0.6 is 0 Å². The molecule has 148 valence electrons. The SMILES string of the molecule is C=C(NO)[C@@H]1[C@@H](O)[C@@H](O)CN1C(=O)c1ccc(-c2ccc(CCC)cc2)cc1. The first-order valence-corrected chi connectivity index (χ1v) is 9.41. The fourth-order valence-corrected chi connectivity index (χ4v) is 3.61. The molecule has 0 spiro atoms. The molecule has 3 rings (SSSR count). The third-order valence-electron chi connectivity index (χ3n) is 5.16. The maximum atomic E-state index is 12.9. The van der Waals surface area contributed by atoms with Crippen molar-refractivity contribution in [2.45, 2.75) is 38.0 Å². The van der Waals surface area contributed by atoms with Gasteiger partial charge in [-0.15, -0.1) is 0 Å². The zero-order chi connectivity index (χ0) is 20.3. The highest BCUT2D eigenvalue weighted by molar-refractivity contribution is 5.95. The van der Waals surface area contributed by atoms with Gasteiger partial charge in [0.25, 0.3) is 5.91 Å². The molecule has 1 amide bonds. The number of amides is 1. The van der Waals surface area contributed by atoms with E-state index in [9.17, 15) is 15.0 Å². The zero-order valence-electron chi connectivity index (χ0n) is 15.9. The number of nitrogens with one attached hydrogen (secondary N) is 1. The molecule has 0 radical (unpaired) electrons. The highest BCUT2D eigenvalue weighted by Gasteiger charge is 2.44. The Morgan fingerprint density at radius 3 is 2.21 bits per heavy atom. The fraction of sp³-hybridized carbons (Fsp3) is 0.318. The molecule has 4 N–H and O–H groups in total. The topological polar surface area (TPSA) is 93.0 Å². The van der Waals surface area contributed by atoms with Gasteiger partial charge in [0.15, 0.2) is 0 Å². The second kappa shape index (κ2) is 8.56. The summed E-state index contributed by atoms with van der Waals surface area (Å²) in [7, 11) is 0. The van der Waals surface area contributed by atoms with Gasteiger partial charge in [0.05, 0.1) is 18.3 Å². The van der Waals surface area contributed by atoms with E-state index in [1.807, 2.05) is 17.6 Å². The lowest BCUT2D eigenvalue weighted by atomic mass is 10.0. The third-order valence-corrected chi connectivity index (χ3v) is 5.16. The average Bonchev–Trinajstić information content (AvgIpc) is 3.02. The molecular formula is C22H26N2O4. The summed E-state index contributed by atoms with van der Waals surface area (Å²) in [6, 6.07) is 14.7. The lowest BCUT2D eigenvalue weighted by molar-refractivity contribution is 0.0374. The number of aliphatic hydroxyl groups is 2. The maximum Gasteiger partial charge on any atom is 0.254 e. The summed E-state index contributed by atoms with van der Waals surface area (Å²) in [6.07, 6.45) is -0.150. The minimum atomic E-state index is -1.21. The van der Waals surface area contributed by atoms with Crippen LogP contribution in [0, 0.1) is 0 Å². The number of benzene rings is 2. The lowest BCUT2D eigenvalue weighted by Crippen LogP contribution is -2.43. The summed E-state index contributed by atoms with van der Waals surface area (Å²) in [5, 5.41) is 29.2. The predicted molar refractivity (Wildman–Crippen MR) is 107 cm³/mol. The van der Waals surface area contributed by atoms with E-state index in [4.69, 9.17) is 5.21 Å². The molecule has 3 atom stereocenters. The number of hydroxylamine groups is 1. The molecule has 2 aromatic rings. The number of β-amino-alcohol motifs (C(OH)–C–C–N with tert-alkyl or cyclic N) is 1. The van der Waals surface area contributed by atoms with Crippen LogP contribution in [0.1, 0.15) is 29.3 Å². The Morgan fingerprint density at radius 2 is 1.68 bits per heavy atom. The minimum Gasteiger partial charge on any atom is -0.388 e. The molecular weight excluding hydrogens is 356 g/mol. The largest absolute Gasteiger partial charge is 0.388 e. The first-order chi connectivity index (χ1) is 13.5. The Kier molecular flexibility index (Phi) is 6.14. The smallest absolute Gasteiger partial charge is 0.254 e. The van der Waals surface area contributed by atoms with Gasteiger partial charge < -0.3 is 15.1 Å². The second-order valence-electron chi connectivity index (χ2n) is 7.12. The second-order valence-corrected chi connectivity index (χ2v) is 7.12. The number of hydrogen-bond donors (Lipinski definition) is 4. The summed E-state index contributed by atoms with van der Waals surface area (Å²) in [4.78, 5) is 14.2. The van der Waals surface area contributed by atoms with E-state index in [1.54, 1.807) is 12.1 Å². The van der Waals surface area contributed by atoms with Gasteiger partial charge in [0.2, 0.25) is 0 Å². The quantitative estimate of drug-likeness (QED) is 0.576. The monoisotopic (exact) mass is 382 g/mol. The van der Waals surface area contributed by atoms with Gasteiger partial charge in [-0.2, -0.15) is 0 Å². The molecule has 0 saturated carbocycles. The summed E-state index contributed by atoms with van der Waals surface area (Å²) in [6.45, 7) is 5.73. The van der Waals surface area contributed by atoms with Crippen molar-refractivity contribution < 1.29 is 20.2 Å². The molecule has 6 heteroatoms. The molecule has 0 bridgehead atoms. The molecule has 1 aliphatic heterocycles. The van der Waals surface area contributed by atoms with Crippen LogP contribution in [0.2, 0.25) is 0 Å². The van der Waals surface area contributed by atoms with E-state index in [0.29, 0.717) is 5.56 Å². The minimum absolute atomic E-state index is 0.0357. The number of hydrogen-bond acceptors (Lipinski definition) is 5. The van der Waals surface area contributed by atoms with Crippen molar-refractivity contribution in [1.29, 1.82) is 0 Å². The maximum absolute atomic E-state index is 12.9. The Morgan fingerprint density at radius 1 is 1.11 bits per heavy atom. The van der Waals surface area contributed by atoms with Crippen LogP contribution in [0.3, 0.4) is 0 Å².